The summed E-state index contributed by atoms with van der Waals surface area (Å²) in [6.45, 7) is 2.81. The van der Waals surface area contributed by atoms with Crippen LogP contribution in [0.1, 0.15) is 17.0 Å². The summed E-state index contributed by atoms with van der Waals surface area (Å²) in [5.41, 5.74) is 4.24. The Morgan fingerprint density at radius 2 is 2.14 bits per heavy atom. The van der Waals surface area contributed by atoms with Crippen LogP contribution >= 0.6 is 27.5 Å². The molecule has 3 rings (SSSR count). The lowest BCUT2D eigenvalue weighted by atomic mass is 10.2. The van der Waals surface area contributed by atoms with Crippen LogP contribution < -0.4 is 0 Å². The molecule has 0 fully saturated rings. The molecule has 0 bridgehead atoms. The summed E-state index contributed by atoms with van der Waals surface area (Å²) >= 11 is 9.44. The molecule has 0 saturated heterocycles. The summed E-state index contributed by atoms with van der Waals surface area (Å²) < 4.78 is 3.24. The maximum absolute atomic E-state index is 5.92. The Balaban J connectivity index is 2.11. The monoisotopic (exact) mass is 363 g/mol. The van der Waals surface area contributed by atoms with Gasteiger partial charge in [-0.25, -0.2) is 9.97 Å². The van der Waals surface area contributed by atoms with E-state index in [2.05, 4.69) is 44.5 Å². The number of benzene rings is 1. The van der Waals surface area contributed by atoms with Gasteiger partial charge < -0.3 is 4.57 Å². The SMILES string of the molecule is Cc1ccnc2c1nc(CCCl)n2Cc1cccc(Br)c1. The predicted octanol–water partition coefficient (Wildman–Crippen LogP) is 4.33. The van der Waals surface area contributed by atoms with Gasteiger partial charge in [0.15, 0.2) is 5.65 Å². The smallest absolute Gasteiger partial charge is 0.160 e. The lowest BCUT2D eigenvalue weighted by molar-refractivity contribution is 0.747. The van der Waals surface area contributed by atoms with Gasteiger partial charge in [-0.05, 0) is 36.2 Å². The Bertz CT molecular complexity index is 782. The summed E-state index contributed by atoms with van der Waals surface area (Å²) in [4.78, 5) is 9.23. The normalized spacial score (nSPS) is 11.2. The number of halogens is 2. The minimum Gasteiger partial charge on any atom is -0.308 e. The van der Waals surface area contributed by atoms with Gasteiger partial charge in [-0.2, -0.15) is 0 Å². The molecule has 0 saturated carbocycles. The molecule has 21 heavy (non-hydrogen) atoms. The Morgan fingerprint density at radius 3 is 2.90 bits per heavy atom. The van der Waals surface area contributed by atoms with E-state index in [1.165, 1.54) is 5.56 Å². The summed E-state index contributed by atoms with van der Waals surface area (Å²) in [5.74, 6) is 1.54. The molecule has 0 aliphatic carbocycles. The van der Waals surface area contributed by atoms with Crippen LogP contribution in [-0.4, -0.2) is 20.4 Å². The molecule has 3 nitrogen and oxygen atoms in total. The van der Waals surface area contributed by atoms with E-state index in [1.54, 1.807) is 0 Å². The molecule has 2 aromatic heterocycles. The van der Waals surface area contributed by atoms with E-state index in [0.717, 1.165) is 40.0 Å². The number of imidazole rings is 1. The first-order chi connectivity index (χ1) is 10.2. The van der Waals surface area contributed by atoms with Gasteiger partial charge in [0, 0.05) is 23.0 Å². The highest BCUT2D eigenvalue weighted by Gasteiger charge is 2.13. The number of hydrogen-bond acceptors (Lipinski definition) is 2. The Morgan fingerprint density at radius 1 is 1.29 bits per heavy atom. The summed E-state index contributed by atoms with van der Waals surface area (Å²) in [6, 6.07) is 10.3. The fourth-order valence-electron chi connectivity index (χ4n) is 2.44. The Kier molecular flexibility index (Phi) is 4.27. The van der Waals surface area contributed by atoms with E-state index >= 15 is 0 Å². The molecule has 3 aromatic rings. The predicted molar refractivity (Wildman–Crippen MR) is 89.9 cm³/mol. The molecule has 0 atom stereocenters. The molecule has 5 heteroatoms. The first kappa shape index (κ1) is 14.5. The topological polar surface area (TPSA) is 30.7 Å². The van der Waals surface area contributed by atoms with Gasteiger partial charge in [0.05, 0.1) is 6.54 Å². The van der Waals surface area contributed by atoms with E-state index in [-0.39, 0.29) is 0 Å². The second-order valence-corrected chi connectivity index (χ2v) is 6.28. The molecule has 0 aliphatic rings. The zero-order valence-electron chi connectivity index (χ0n) is 11.7. The Hall–Kier alpha value is -1.39. The molecule has 0 amide bonds. The van der Waals surface area contributed by atoms with Gasteiger partial charge >= 0.3 is 0 Å². The number of nitrogens with zero attached hydrogens (tertiary/aromatic N) is 3. The van der Waals surface area contributed by atoms with E-state index in [0.29, 0.717) is 5.88 Å². The number of pyridine rings is 1. The summed E-state index contributed by atoms with van der Waals surface area (Å²) in [6.07, 6.45) is 2.58. The van der Waals surface area contributed by atoms with Gasteiger partial charge in [-0.1, -0.05) is 28.1 Å². The minimum absolute atomic E-state index is 0.556. The molecule has 1 aromatic carbocycles. The van der Waals surface area contributed by atoms with Crippen LogP contribution in [0.15, 0.2) is 41.0 Å². The molecule has 0 unspecified atom stereocenters. The van der Waals surface area contributed by atoms with Crippen LogP contribution in [0.5, 0.6) is 0 Å². The lowest BCUT2D eigenvalue weighted by Crippen LogP contribution is -2.06. The van der Waals surface area contributed by atoms with Crippen molar-refractivity contribution in [2.75, 3.05) is 5.88 Å². The maximum Gasteiger partial charge on any atom is 0.160 e. The lowest BCUT2D eigenvalue weighted by Gasteiger charge is -2.08. The van der Waals surface area contributed by atoms with Crippen LogP contribution in [0, 0.1) is 6.92 Å². The highest BCUT2D eigenvalue weighted by molar-refractivity contribution is 9.10. The van der Waals surface area contributed by atoms with Crippen molar-refractivity contribution in [2.24, 2.45) is 0 Å². The highest BCUT2D eigenvalue weighted by Crippen LogP contribution is 2.21. The van der Waals surface area contributed by atoms with Gasteiger partial charge in [-0.15, -0.1) is 11.6 Å². The van der Waals surface area contributed by atoms with E-state index in [9.17, 15) is 0 Å². The van der Waals surface area contributed by atoms with Crippen LogP contribution in [0.25, 0.3) is 11.2 Å². The standard InChI is InChI=1S/C16H15BrClN3/c1-11-6-8-19-16-15(11)20-14(5-7-18)21(16)10-12-3-2-4-13(17)9-12/h2-4,6,8-9H,5,7,10H2,1H3. The van der Waals surface area contributed by atoms with Crippen molar-refractivity contribution in [3.8, 4) is 0 Å². The average molecular weight is 365 g/mol. The third-order valence-corrected chi connectivity index (χ3v) is 4.14. The molecule has 0 aliphatic heterocycles. The van der Waals surface area contributed by atoms with Gasteiger partial charge in [0.25, 0.3) is 0 Å². The van der Waals surface area contributed by atoms with Crippen LogP contribution in [-0.2, 0) is 13.0 Å². The second-order valence-electron chi connectivity index (χ2n) is 4.98. The van der Waals surface area contributed by atoms with Crippen molar-refractivity contribution in [3.63, 3.8) is 0 Å². The summed E-state index contributed by atoms with van der Waals surface area (Å²) in [5, 5.41) is 0. The molecule has 108 valence electrons. The van der Waals surface area contributed by atoms with Crippen molar-refractivity contribution in [1.82, 2.24) is 14.5 Å². The number of alkyl halides is 1. The average Bonchev–Trinajstić information content (AvgIpc) is 2.79. The number of fused-ring (bicyclic) bond motifs is 1. The van der Waals surface area contributed by atoms with Crippen LogP contribution in [0.4, 0.5) is 0 Å². The van der Waals surface area contributed by atoms with Crippen molar-refractivity contribution in [1.29, 1.82) is 0 Å². The van der Waals surface area contributed by atoms with Gasteiger partial charge in [-0.3, -0.25) is 0 Å². The molecular weight excluding hydrogens is 350 g/mol. The largest absolute Gasteiger partial charge is 0.308 e. The van der Waals surface area contributed by atoms with Gasteiger partial charge in [0.1, 0.15) is 11.3 Å². The van der Waals surface area contributed by atoms with Crippen molar-refractivity contribution in [3.05, 3.63) is 58.0 Å². The third kappa shape index (κ3) is 2.97. The van der Waals surface area contributed by atoms with Crippen LogP contribution in [0.2, 0.25) is 0 Å². The number of hydrogen-bond donors (Lipinski definition) is 0. The minimum atomic E-state index is 0.556. The quantitative estimate of drug-likeness (QED) is 0.645. The molecular formula is C16H15BrClN3. The highest BCUT2D eigenvalue weighted by atomic mass is 79.9. The van der Waals surface area contributed by atoms with Crippen molar-refractivity contribution < 1.29 is 0 Å². The fourth-order valence-corrected chi connectivity index (χ4v) is 3.06. The van der Waals surface area contributed by atoms with Crippen molar-refractivity contribution >= 4 is 38.7 Å². The number of aryl methyl sites for hydroxylation is 2. The summed E-state index contributed by atoms with van der Waals surface area (Å²) in [7, 11) is 0. The van der Waals surface area contributed by atoms with E-state index in [1.807, 2.05) is 24.4 Å². The molecule has 0 N–H and O–H groups in total. The molecule has 2 heterocycles. The van der Waals surface area contributed by atoms with E-state index in [4.69, 9.17) is 16.6 Å². The molecule has 0 spiro atoms. The van der Waals surface area contributed by atoms with Crippen LogP contribution in [0.3, 0.4) is 0 Å². The van der Waals surface area contributed by atoms with Gasteiger partial charge in [0.2, 0.25) is 0 Å². The first-order valence-electron chi connectivity index (χ1n) is 6.80. The number of aromatic nitrogens is 3. The first-order valence-corrected chi connectivity index (χ1v) is 8.13. The zero-order chi connectivity index (χ0) is 14.8. The third-order valence-electron chi connectivity index (χ3n) is 3.46. The Labute approximate surface area is 137 Å². The second kappa shape index (κ2) is 6.16. The maximum atomic E-state index is 5.92. The molecule has 0 radical (unpaired) electrons. The van der Waals surface area contributed by atoms with E-state index < -0.39 is 0 Å². The number of rotatable bonds is 4. The van der Waals surface area contributed by atoms with Crippen molar-refractivity contribution in [2.45, 2.75) is 19.9 Å². The zero-order valence-corrected chi connectivity index (χ0v) is 14.0. The fraction of sp³-hybridized carbons (Fsp3) is 0.250.